The van der Waals surface area contributed by atoms with Crippen LogP contribution in [0.5, 0.6) is 0 Å². The standard InChI is InChI=1S/C12H8FIN2O/c13-8-5-6-11(15-7-8)12(17)16-10-4-2-1-3-9(10)14/h1-7H,(H,16,17). The number of rotatable bonds is 2. The zero-order valence-electron chi connectivity index (χ0n) is 8.65. The third-order valence-corrected chi connectivity index (χ3v) is 3.02. The lowest BCUT2D eigenvalue weighted by molar-refractivity contribution is 0.102. The van der Waals surface area contributed by atoms with E-state index >= 15 is 0 Å². The fourth-order valence-corrected chi connectivity index (χ4v) is 1.78. The molecule has 5 heteroatoms. The van der Waals surface area contributed by atoms with Crippen LogP contribution in [-0.2, 0) is 0 Å². The number of anilines is 1. The number of benzene rings is 1. The van der Waals surface area contributed by atoms with Crippen LogP contribution in [-0.4, -0.2) is 10.9 Å². The Kier molecular flexibility index (Phi) is 3.68. The lowest BCUT2D eigenvalue weighted by Crippen LogP contribution is -2.14. The summed E-state index contributed by atoms with van der Waals surface area (Å²) in [6, 6.07) is 9.94. The van der Waals surface area contributed by atoms with Crippen LogP contribution in [0.3, 0.4) is 0 Å². The van der Waals surface area contributed by atoms with E-state index in [1.807, 2.05) is 18.2 Å². The van der Waals surface area contributed by atoms with Gasteiger partial charge in [0.25, 0.3) is 5.91 Å². The molecule has 0 aliphatic carbocycles. The van der Waals surface area contributed by atoms with Gasteiger partial charge in [-0.1, -0.05) is 12.1 Å². The van der Waals surface area contributed by atoms with Crippen LogP contribution in [0.2, 0.25) is 0 Å². The van der Waals surface area contributed by atoms with Gasteiger partial charge >= 0.3 is 0 Å². The molecule has 1 aromatic heterocycles. The summed E-state index contributed by atoms with van der Waals surface area (Å²) in [4.78, 5) is 15.5. The largest absolute Gasteiger partial charge is 0.320 e. The van der Waals surface area contributed by atoms with Crippen molar-refractivity contribution in [1.29, 1.82) is 0 Å². The van der Waals surface area contributed by atoms with Crippen molar-refractivity contribution < 1.29 is 9.18 Å². The van der Waals surface area contributed by atoms with Crippen molar-refractivity contribution in [2.24, 2.45) is 0 Å². The van der Waals surface area contributed by atoms with Crippen molar-refractivity contribution >= 4 is 34.2 Å². The number of aromatic nitrogens is 1. The quantitative estimate of drug-likeness (QED) is 0.853. The number of carbonyl (C=O) groups excluding carboxylic acids is 1. The highest BCUT2D eigenvalue weighted by molar-refractivity contribution is 14.1. The van der Waals surface area contributed by atoms with Crippen LogP contribution in [0.25, 0.3) is 0 Å². The number of amides is 1. The highest BCUT2D eigenvalue weighted by Gasteiger charge is 2.08. The second kappa shape index (κ2) is 5.22. The second-order valence-corrected chi connectivity index (χ2v) is 4.46. The molecule has 0 fully saturated rings. The van der Waals surface area contributed by atoms with Gasteiger partial charge in [-0.25, -0.2) is 9.37 Å². The summed E-state index contributed by atoms with van der Waals surface area (Å²) >= 11 is 2.12. The SMILES string of the molecule is O=C(Nc1ccccc1I)c1ccc(F)cn1. The highest BCUT2D eigenvalue weighted by Crippen LogP contribution is 2.17. The van der Waals surface area contributed by atoms with E-state index in [1.165, 1.54) is 12.1 Å². The minimum absolute atomic E-state index is 0.186. The molecule has 0 saturated carbocycles. The molecule has 3 nitrogen and oxygen atoms in total. The molecule has 2 rings (SSSR count). The lowest BCUT2D eigenvalue weighted by Gasteiger charge is -2.06. The monoisotopic (exact) mass is 342 g/mol. The predicted molar refractivity (Wildman–Crippen MR) is 71.3 cm³/mol. The van der Waals surface area contributed by atoms with Crippen molar-refractivity contribution in [3.05, 3.63) is 57.7 Å². The van der Waals surface area contributed by atoms with Crippen LogP contribution < -0.4 is 5.32 Å². The van der Waals surface area contributed by atoms with Crippen molar-refractivity contribution in [2.75, 3.05) is 5.32 Å². The number of hydrogen-bond donors (Lipinski definition) is 1. The fourth-order valence-electron chi connectivity index (χ4n) is 1.26. The first-order chi connectivity index (χ1) is 8.16. The van der Waals surface area contributed by atoms with E-state index in [4.69, 9.17) is 0 Å². The molecule has 0 aliphatic heterocycles. The van der Waals surface area contributed by atoms with Gasteiger partial charge in [-0.3, -0.25) is 4.79 Å². The maximum Gasteiger partial charge on any atom is 0.274 e. The van der Waals surface area contributed by atoms with Crippen LogP contribution in [0.1, 0.15) is 10.5 Å². The third kappa shape index (κ3) is 3.00. The number of para-hydroxylation sites is 1. The van der Waals surface area contributed by atoms with Crippen molar-refractivity contribution in [3.8, 4) is 0 Å². The molecule has 2 aromatic rings. The Bertz CT molecular complexity index is 542. The van der Waals surface area contributed by atoms with Crippen LogP contribution in [0, 0.1) is 9.39 Å². The van der Waals surface area contributed by atoms with Crippen molar-refractivity contribution in [1.82, 2.24) is 4.98 Å². The summed E-state index contributed by atoms with van der Waals surface area (Å²) in [5.41, 5.74) is 0.898. The first kappa shape index (κ1) is 12.0. The van der Waals surface area contributed by atoms with E-state index in [0.717, 1.165) is 9.77 Å². The smallest absolute Gasteiger partial charge is 0.274 e. The van der Waals surface area contributed by atoms with Gasteiger partial charge in [0.15, 0.2) is 0 Å². The number of nitrogens with one attached hydrogen (secondary N) is 1. The predicted octanol–water partition coefficient (Wildman–Crippen LogP) is 3.08. The third-order valence-electron chi connectivity index (χ3n) is 2.08. The number of nitrogens with zero attached hydrogens (tertiary/aromatic N) is 1. The van der Waals surface area contributed by atoms with Gasteiger partial charge < -0.3 is 5.32 Å². The molecule has 0 aliphatic rings. The molecule has 0 saturated heterocycles. The van der Waals surface area contributed by atoms with Crippen molar-refractivity contribution in [3.63, 3.8) is 0 Å². The maximum atomic E-state index is 12.6. The normalized spacial score (nSPS) is 10.0. The summed E-state index contributed by atoms with van der Waals surface area (Å²) in [7, 11) is 0. The minimum atomic E-state index is -0.462. The van der Waals surface area contributed by atoms with Gasteiger partial charge in [0, 0.05) is 3.57 Å². The zero-order valence-corrected chi connectivity index (χ0v) is 10.8. The summed E-state index contributed by atoms with van der Waals surface area (Å²) in [6.07, 6.45) is 1.02. The molecular weight excluding hydrogens is 334 g/mol. The Morgan fingerprint density at radius 3 is 2.65 bits per heavy atom. The number of halogens is 2. The Morgan fingerprint density at radius 1 is 1.24 bits per heavy atom. The molecule has 1 amide bonds. The van der Waals surface area contributed by atoms with Gasteiger partial charge in [-0.2, -0.15) is 0 Å². The molecule has 1 N–H and O–H groups in total. The molecule has 1 heterocycles. The van der Waals surface area contributed by atoms with E-state index in [0.29, 0.717) is 5.69 Å². The van der Waals surface area contributed by atoms with Gasteiger partial charge in [0.1, 0.15) is 11.5 Å². The molecule has 0 bridgehead atoms. The number of carbonyl (C=O) groups is 1. The first-order valence-electron chi connectivity index (χ1n) is 4.84. The molecule has 0 unspecified atom stereocenters. The molecular formula is C12H8FIN2O. The summed E-state index contributed by atoms with van der Waals surface area (Å²) in [5, 5.41) is 2.71. The van der Waals surface area contributed by atoms with Crippen LogP contribution in [0.15, 0.2) is 42.6 Å². The molecule has 0 atom stereocenters. The Morgan fingerprint density at radius 2 is 2.00 bits per heavy atom. The Labute approximate surface area is 111 Å². The van der Waals surface area contributed by atoms with Gasteiger partial charge in [0.2, 0.25) is 0 Å². The summed E-state index contributed by atoms with van der Waals surface area (Å²) < 4.78 is 13.6. The first-order valence-corrected chi connectivity index (χ1v) is 5.92. The van der Waals surface area contributed by atoms with E-state index in [9.17, 15) is 9.18 Å². The minimum Gasteiger partial charge on any atom is -0.320 e. The van der Waals surface area contributed by atoms with Crippen LogP contribution >= 0.6 is 22.6 Å². The van der Waals surface area contributed by atoms with E-state index in [2.05, 4.69) is 32.9 Å². The number of pyridine rings is 1. The molecule has 0 radical (unpaired) electrons. The maximum absolute atomic E-state index is 12.6. The van der Waals surface area contributed by atoms with Gasteiger partial charge in [-0.15, -0.1) is 0 Å². The fraction of sp³-hybridized carbons (Fsp3) is 0. The van der Waals surface area contributed by atoms with Crippen LogP contribution in [0.4, 0.5) is 10.1 Å². The Hall–Kier alpha value is -1.50. The van der Waals surface area contributed by atoms with E-state index in [1.54, 1.807) is 6.07 Å². The summed E-state index contributed by atoms with van der Waals surface area (Å²) in [6.45, 7) is 0. The average Bonchev–Trinajstić information content (AvgIpc) is 2.33. The molecule has 0 spiro atoms. The van der Waals surface area contributed by atoms with E-state index < -0.39 is 5.82 Å². The Balaban J connectivity index is 2.17. The lowest BCUT2D eigenvalue weighted by atomic mass is 10.3. The zero-order chi connectivity index (χ0) is 12.3. The molecule has 86 valence electrons. The second-order valence-electron chi connectivity index (χ2n) is 3.30. The topological polar surface area (TPSA) is 42.0 Å². The van der Waals surface area contributed by atoms with Gasteiger partial charge in [-0.05, 0) is 46.9 Å². The average molecular weight is 342 g/mol. The van der Waals surface area contributed by atoms with Gasteiger partial charge in [0.05, 0.1) is 11.9 Å². The molecule has 1 aromatic carbocycles. The summed E-state index contributed by atoms with van der Waals surface area (Å²) in [5.74, 6) is -0.815. The van der Waals surface area contributed by atoms with E-state index in [-0.39, 0.29) is 11.6 Å². The van der Waals surface area contributed by atoms with Crippen molar-refractivity contribution in [2.45, 2.75) is 0 Å². The molecule has 17 heavy (non-hydrogen) atoms. The number of hydrogen-bond acceptors (Lipinski definition) is 2. The highest BCUT2D eigenvalue weighted by atomic mass is 127.